The number of benzene rings is 1. The molecule has 0 saturated carbocycles. The molecule has 4 N–H and O–H groups in total. The Kier molecular flexibility index (Phi) is 7.02. The third-order valence-corrected chi connectivity index (χ3v) is 5.89. The van der Waals surface area contributed by atoms with Crippen LogP contribution in [0.3, 0.4) is 0 Å². The Balaban J connectivity index is 2.34. The molecule has 1 aromatic rings. The monoisotopic (exact) mass is 370 g/mol. The normalized spacial score (nSPS) is 17.0. The highest BCUT2D eigenvalue weighted by molar-refractivity contribution is 8.08. The van der Waals surface area contributed by atoms with Crippen LogP contribution in [0.15, 0.2) is 34.1 Å². The van der Waals surface area contributed by atoms with Crippen molar-refractivity contribution in [2.24, 2.45) is 0 Å². The van der Waals surface area contributed by atoms with Crippen molar-refractivity contribution in [3.63, 3.8) is 0 Å². The predicted octanol–water partition coefficient (Wildman–Crippen LogP) is 0.450. The number of allylic oxidation sites excluding steroid dienone is 2. The SMILES string of the molecule is O=C1C(SCC(O)CO)=C(SCC(O)CO)C(=O)c2ccccc21. The summed E-state index contributed by atoms with van der Waals surface area (Å²) in [6, 6.07) is 6.48. The van der Waals surface area contributed by atoms with E-state index in [0.717, 1.165) is 23.5 Å². The summed E-state index contributed by atoms with van der Waals surface area (Å²) in [5, 5.41) is 36.9. The number of Topliss-reactive ketones (excluding diaryl/α,β-unsaturated/α-hetero) is 2. The van der Waals surface area contributed by atoms with Gasteiger partial charge in [-0.15, -0.1) is 23.5 Å². The zero-order valence-corrected chi connectivity index (χ0v) is 14.3. The van der Waals surface area contributed by atoms with Gasteiger partial charge in [0.15, 0.2) is 0 Å². The van der Waals surface area contributed by atoms with Crippen LogP contribution in [-0.2, 0) is 0 Å². The van der Waals surface area contributed by atoms with Crippen LogP contribution in [0.5, 0.6) is 0 Å². The van der Waals surface area contributed by atoms with E-state index in [9.17, 15) is 19.8 Å². The lowest BCUT2D eigenvalue weighted by Crippen LogP contribution is -2.23. The molecular weight excluding hydrogens is 352 g/mol. The van der Waals surface area contributed by atoms with Gasteiger partial charge in [0.1, 0.15) is 0 Å². The molecule has 2 unspecified atom stereocenters. The lowest BCUT2D eigenvalue weighted by atomic mass is 9.94. The summed E-state index contributed by atoms with van der Waals surface area (Å²) >= 11 is 2.01. The number of ketones is 2. The second-order valence-electron chi connectivity index (χ2n) is 5.16. The number of aliphatic hydroxyl groups excluding tert-OH is 4. The van der Waals surface area contributed by atoms with E-state index in [1.54, 1.807) is 24.3 Å². The van der Waals surface area contributed by atoms with Crippen molar-refractivity contribution in [1.82, 2.24) is 0 Å². The number of hydrogen-bond acceptors (Lipinski definition) is 8. The van der Waals surface area contributed by atoms with Crippen LogP contribution in [0, 0.1) is 0 Å². The van der Waals surface area contributed by atoms with Gasteiger partial charge in [0.2, 0.25) is 11.6 Å². The van der Waals surface area contributed by atoms with E-state index >= 15 is 0 Å². The van der Waals surface area contributed by atoms with Gasteiger partial charge in [0.05, 0.1) is 35.2 Å². The molecule has 0 spiro atoms. The largest absolute Gasteiger partial charge is 0.394 e. The zero-order valence-electron chi connectivity index (χ0n) is 12.7. The Morgan fingerprint density at radius 1 is 0.792 bits per heavy atom. The van der Waals surface area contributed by atoms with E-state index in [1.807, 2.05) is 0 Å². The predicted molar refractivity (Wildman–Crippen MR) is 93.2 cm³/mol. The number of fused-ring (bicyclic) bond motifs is 1. The third-order valence-electron chi connectivity index (χ3n) is 3.30. The number of carbonyl (C=O) groups excluding carboxylic acids is 2. The van der Waals surface area contributed by atoms with Crippen molar-refractivity contribution in [1.29, 1.82) is 0 Å². The molecule has 1 aromatic carbocycles. The highest BCUT2D eigenvalue weighted by Gasteiger charge is 2.33. The molecule has 0 aliphatic heterocycles. The minimum atomic E-state index is -1.00. The van der Waals surface area contributed by atoms with Crippen LogP contribution >= 0.6 is 23.5 Å². The lowest BCUT2D eigenvalue weighted by Gasteiger charge is -2.21. The maximum Gasteiger partial charge on any atom is 0.201 e. The van der Waals surface area contributed by atoms with E-state index in [1.165, 1.54) is 0 Å². The average molecular weight is 370 g/mol. The highest BCUT2D eigenvalue weighted by atomic mass is 32.2. The van der Waals surface area contributed by atoms with Gasteiger partial charge in [-0.2, -0.15) is 0 Å². The van der Waals surface area contributed by atoms with Gasteiger partial charge < -0.3 is 20.4 Å². The van der Waals surface area contributed by atoms with E-state index in [2.05, 4.69) is 0 Å². The molecule has 0 amide bonds. The van der Waals surface area contributed by atoms with Crippen LogP contribution in [0.1, 0.15) is 20.7 Å². The fourth-order valence-corrected chi connectivity index (χ4v) is 4.27. The Morgan fingerprint density at radius 2 is 1.17 bits per heavy atom. The molecule has 1 aliphatic rings. The fraction of sp³-hybridized carbons (Fsp3) is 0.375. The van der Waals surface area contributed by atoms with Crippen LogP contribution in [0.2, 0.25) is 0 Å². The summed E-state index contributed by atoms with van der Waals surface area (Å²) in [5.74, 6) is -0.498. The quantitative estimate of drug-likeness (QED) is 0.521. The summed E-state index contributed by atoms with van der Waals surface area (Å²) in [7, 11) is 0. The maximum atomic E-state index is 12.7. The number of aliphatic hydroxyl groups is 4. The molecule has 0 saturated heterocycles. The average Bonchev–Trinajstić information content (AvgIpc) is 2.61. The van der Waals surface area contributed by atoms with E-state index in [4.69, 9.17) is 10.2 Å². The van der Waals surface area contributed by atoms with Crippen LogP contribution in [-0.4, -0.2) is 68.9 Å². The molecule has 2 rings (SSSR count). The first-order valence-electron chi connectivity index (χ1n) is 7.25. The van der Waals surface area contributed by atoms with Gasteiger partial charge in [-0.05, 0) is 0 Å². The van der Waals surface area contributed by atoms with Crippen molar-refractivity contribution < 1.29 is 30.0 Å². The highest BCUT2D eigenvalue weighted by Crippen LogP contribution is 2.38. The number of hydrogen-bond donors (Lipinski definition) is 4. The molecule has 0 aromatic heterocycles. The molecule has 0 heterocycles. The molecule has 2 atom stereocenters. The Hall–Kier alpha value is -1.16. The summed E-state index contributed by atoms with van der Waals surface area (Å²) < 4.78 is 0. The lowest BCUT2D eigenvalue weighted by molar-refractivity contribution is 0.0986. The fourth-order valence-electron chi connectivity index (χ4n) is 2.06. The van der Waals surface area contributed by atoms with Gasteiger partial charge in [0, 0.05) is 22.6 Å². The van der Waals surface area contributed by atoms with Gasteiger partial charge in [0.25, 0.3) is 0 Å². The van der Waals surface area contributed by atoms with Gasteiger partial charge >= 0.3 is 0 Å². The topological polar surface area (TPSA) is 115 Å². The molecule has 0 bridgehead atoms. The molecule has 0 radical (unpaired) electrons. The first-order chi connectivity index (χ1) is 11.5. The molecule has 130 valence electrons. The number of thioether (sulfide) groups is 2. The Morgan fingerprint density at radius 3 is 1.50 bits per heavy atom. The number of rotatable bonds is 8. The first kappa shape index (κ1) is 19.2. The Bertz CT molecular complexity index is 603. The second-order valence-corrected chi connectivity index (χ2v) is 7.22. The van der Waals surface area contributed by atoms with E-state index < -0.39 is 25.4 Å². The van der Waals surface area contributed by atoms with Crippen molar-refractivity contribution >= 4 is 35.1 Å². The van der Waals surface area contributed by atoms with Gasteiger partial charge in [-0.25, -0.2) is 0 Å². The molecule has 24 heavy (non-hydrogen) atoms. The minimum Gasteiger partial charge on any atom is -0.394 e. The summed E-state index contributed by atoms with van der Waals surface area (Å²) in [6.45, 7) is -0.880. The standard InChI is InChI=1S/C16H18O6S2/c17-5-9(19)7-23-15-13(21)11-3-1-2-4-12(11)14(22)16(15)24-8-10(20)6-18/h1-4,9-10,17-20H,5-8H2. The maximum absolute atomic E-state index is 12.7. The summed E-state index contributed by atoms with van der Waals surface area (Å²) in [5.41, 5.74) is 0.603. The summed E-state index contributed by atoms with van der Waals surface area (Å²) in [6.07, 6.45) is -2.01. The van der Waals surface area contributed by atoms with Crippen LogP contribution < -0.4 is 0 Å². The summed E-state index contributed by atoms with van der Waals surface area (Å²) in [4.78, 5) is 25.8. The van der Waals surface area contributed by atoms with Crippen molar-refractivity contribution in [2.75, 3.05) is 24.7 Å². The van der Waals surface area contributed by atoms with Crippen molar-refractivity contribution in [2.45, 2.75) is 12.2 Å². The van der Waals surface area contributed by atoms with Gasteiger partial charge in [-0.1, -0.05) is 24.3 Å². The van der Waals surface area contributed by atoms with E-state index in [-0.39, 0.29) is 32.9 Å². The van der Waals surface area contributed by atoms with Gasteiger partial charge in [-0.3, -0.25) is 9.59 Å². The minimum absolute atomic E-state index is 0.0691. The Labute approximate surface area is 147 Å². The van der Waals surface area contributed by atoms with Crippen molar-refractivity contribution in [3.05, 3.63) is 45.2 Å². The molecular formula is C16H18O6S2. The number of carbonyl (C=O) groups is 2. The molecule has 1 aliphatic carbocycles. The molecule has 8 heteroatoms. The van der Waals surface area contributed by atoms with Crippen molar-refractivity contribution in [3.8, 4) is 0 Å². The third kappa shape index (κ3) is 4.27. The van der Waals surface area contributed by atoms with E-state index in [0.29, 0.717) is 11.1 Å². The first-order valence-corrected chi connectivity index (χ1v) is 9.22. The van der Waals surface area contributed by atoms with Crippen LogP contribution in [0.25, 0.3) is 0 Å². The smallest absolute Gasteiger partial charge is 0.201 e. The molecule has 0 fully saturated rings. The van der Waals surface area contributed by atoms with Crippen LogP contribution in [0.4, 0.5) is 0 Å². The molecule has 6 nitrogen and oxygen atoms in total. The second kappa shape index (κ2) is 8.80. The zero-order chi connectivity index (χ0) is 17.7.